The summed E-state index contributed by atoms with van der Waals surface area (Å²) in [5.74, 6) is 0.884. The van der Waals surface area contributed by atoms with Crippen molar-refractivity contribution in [2.45, 2.75) is 0 Å². The zero-order valence-electron chi connectivity index (χ0n) is 64.7. The Bertz CT molecular complexity index is 8000. The van der Waals surface area contributed by atoms with Crippen molar-refractivity contribution in [2.75, 3.05) is 0 Å². The lowest BCUT2D eigenvalue weighted by Crippen LogP contribution is -2.00. The van der Waals surface area contributed by atoms with E-state index in [1.807, 2.05) is 11.3 Å². The van der Waals surface area contributed by atoms with Crippen molar-refractivity contribution < 1.29 is 0 Å². The number of thiophene rings is 1. The summed E-state index contributed by atoms with van der Waals surface area (Å²) in [7, 11) is 0. The first-order chi connectivity index (χ1) is 59.0. The van der Waals surface area contributed by atoms with Crippen LogP contribution in [0, 0.1) is 0 Å². The van der Waals surface area contributed by atoms with Gasteiger partial charge in [0.05, 0.1) is 71.6 Å². The van der Waals surface area contributed by atoms with E-state index in [0.29, 0.717) is 0 Å². The molecule has 0 bridgehead atoms. The van der Waals surface area contributed by atoms with Gasteiger partial charge in [-0.15, -0.1) is 11.3 Å². The molecule has 24 rings (SSSR count). The van der Waals surface area contributed by atoms with Crippen LogP contribution in [-0.2, 0) is 0 Å². The summed E-state index contributed by atoms with van der Waals surface area (Å²) in [6, 6.07) is 158. The fourth-order valence-electron chi connectivity index (χ4n) is 18.2. The molecule has 0 radical (unpaired) electrons. The van der Waals surface area contributed by atoms with Crippen molar-refractivity contribution in [3.63, 3.8) is 0 Å². The van der Waals surface area contributed by atoms with Gasteiger partial charge in [0, 0.05) is 86.6 Å². The van der Waals surface area contributed by atoms with Gasteiger partial charge in [0.1, 0.15) is 5.82 Å². The molecule has 0 amide bonds. The molecule has 556 valence electrons. The lowest BCUT2D eigenvalue weighted by atomic mass is 9.99. The Kier molecular flexibility index (Phi) is 16.7. The summed E-state index contributed by atoms with van der Waals surface area (Å²) in [5.41, 5.74) is 30.8. The Balaban J connectivity index is 0.000000140. The quantitative estimate of drug-likeness (QED) is 0.122. The number of pyridine rings is 2. The number of fused-ring (bicyclic) bond motifs is 15. The largest absolute Gasteiger partial charge is 0.309 e. The second-order valence-electron chi connectivity index (χ2n) is 30.7. The molecule has 0 spiro atoms. The predicted octanol–water partition coefficient (Wildman–Crippen LogP) is 30.3. The van der Waals surface area contributed by atoms with Gasteiger partial charge in [0.2, 0.25) is 0 Å². The second kappa shape index (κ2) is 28.8. The number of benzene rings is 17. The summed E-state index contributed by atoms with van der Waals surface area (Å²) in [4.78, 5) is 10.6. The lowest BCUT2D eigenvalue weighted by Gasteiger charge is -2.13. The summed E-state index contributed by atoms with van der Waals surface area (Å²) in [6.07, 6.45) is 0. The average molecular weight is 1530 g/mol. The summed E-state index contributed by atoms with van der Waals surface area (Å²) >= 11 is 1.88. The van der Waals surface area contributed by atoms with Gasteiger partial charge in [0.25, 0.3) is 0 Å². The molecular weight excluding hydrogens is 1460 g/mol. The third-order valence-corrected chi connectivity index (χ3v) is 25.0. The van der Waals surface area contributed by atoms with Crippen LogP contribution < -0.4 is 0 Å². The third kappa shape index (κ3) is 12.0. The first-order valence-electron chi connectivity index (χ1n) is 40.6. The molecule has 24 aromatic rings. The van der Waals surface area contributed by atoms with E-state index in [0.717, 1.165) is 84.3 Å². The maximum atomic E-state index is 5.45. The molecule has 7 heteroatoms. The van der Waals surface area contributed by atoms with E-state index in [4.69, 9.17) is 9.97 Å². The van der Waals surface area contributed by atoms with E-state index in [9.17, 15) is 0 Å². The van der Waals surface area contributed by atoms with E-state index in [1.54, 1.807) is 0 Å². The Morgan fingerprint density at radius 1 is 0.168 bits per heavy atom. The van der Waals surface area contributed by atoms with Crippen LogP contribution in [0.1, 0.15) is 0 Å². The average Bonchev–Trinajstić information content (AvgIpc) is 1.56. The molecule has 0 atom stereocenters. The fourth-order valence-corrected chi connectivity index (χ4v) is 19.4. The first-order valence-corrected chi connectivity index (χ1v) is 41.4. The highest BCUT2D eigenvalue weighted by molar-refractivity contribution is 7.26. The molecule has 0 fully saturated rings. The van der Waals surface area contributed by atoms with Gasteiger partial charge < -0.3 is 13.7 Å². The van der Waals surface area contributed by atoms with Gasteiger partial charge >= 0.3 is 0 Å². The van der Waals surface area contributed by atoms with Crippen LogP contribution in [0.4, 0.5) is 0 Å². The molecule has 0 saturated carbocycles. The highest BCUT2D eigenvalue weighted by Crippen LogP contribution is 2.46. The molecule has 6 nitrogen and oxygen atoms in total. The minimum atomic E-state index is 0.884. The van der Waals surface area contributed by atoms with Gasteiger partial charge in [-0.1, -0.05) is 322 Å². The van der Waals surface area contributed by atoms with Gasteiger partial charge in [-0.25, -0.2) is 9.97 Å². The van der Waals surface area contributed by atoms with Crippen LogP contribution in [0.3, 0.4) is 0 Å². The van der Waals surface area contributed by atoms with Crippen LogP contribution in [-0.4, -0.2) is 28.2 Å². The molecule has 17 aromatic carbocycles. The number of para-hydroxylation sites is 4. The maximum absolute atomic E-state index is 5.45. The normalized spacial score (nSPS) is 11.7. The smallest absolute Gasteiger partial charge is 0.138 e. The van der Waals surface area contributed by atoms with E-state index in [-0.39, 0.29) is 0 Å². The monoisotopic (exact) mass is 1530 g/mol. The molecular formula is C112H72N6S. The maximum Gasteiger partial charge on any atom is 0.138 e. The minimum absolute atomic E-state index is 0.884. The Hall–Kier alpha value is -15.5. The van der Waals surface area contributed by atoms with Crippen molar-refractivity contribution in [1.29, 1.82) is 0 Å². The van der Waals surface area contributed by atoms with Crippen molar-refractivity contribution in [1.82, 2.24) is 28.2 Å². The van der Waals surface area contributed by atoms with Crippen molar-refractivity contribution in [3.8, 4) is 112 Å². The Labute approximate surface area is 691 Å². The summed E-state index contributed by atoms with van der Waals surface area (Å²) < 4.78 is 12.3. The van der Waals surface area contributed by atoms with E-state index in [2.05, 4.69) is 455 Å². The fraction of sp³-hybridized carbons (Fsp3) is 0. The van der Waals surface area contributed by atoms with Gasteiger partial charge in [0.15, 0.2) is 0 Å². The van der Waals surface area contributed by atoms with Crippen LogP contribution >= 0.6 is 11.3 Å². The van der Waals surface area contributed by atoms with E-state index < -0.39 is 0 Å². The molecule has 7 heterocycles. The van der Waals surface area contributed by atoms with Crippen molar-refractivity contribution in [2.24, 2.45) is 0 Å². The van der Waals surface area contributed by atoms with Crippen LogP contribution in [0.15, 0.2) is 437 Å². The van der Waals surface area contributed by atoms with Gasteiger partial charge in [-0.3, -0.25) is 4.57 Å². The molecule has 0 aliphatic rings. The Morgan fingerprint density at radius 2 is 0.496 bits per heavy atom. The summed E-state index contributed by atoms with van der Waals surface area (Å²) in [6.45, 7) is 0. The zero-order valence-corrected chi connectivity index (χ0v) is 65.5. The molecule has 119 heavy (non-hydrogen) atoms. The number of hydrogen-bond acceptors (Lipinski definition) is 3. The molecule has 0 saturated heterocycles. The first kappa shape index (κ1) is 69.0. The van der Waals surface area contributed by atoms with E-state index >= 15 is 0 Å². The molecule has 0 aliphatic heterocycles. The van der Waals surface area contributed by atoms with E-state index in [1.165, 1.54) is 135 Å². The number of aromatic nitrogens is 6. The molecule has 7 aromatic heterocycles. The molecule has 0 aliphatic carbocycles. The number of hydrogen-bond donors (Lipinski definition) is 0. The molecule has 0 N–H and O–H groups in total. The second-order valence-corrected chi connectivity index (χ2v) is 31.8. The summed E-state index contributed by atoms with van der Waals surface area (Å²) in [5, 5.41) is 12.4. The highest BCUT2D eigenvalue weighted by atomic mass is 32.1. The van der Waals surface area contributed by atoms with Crippen LogP contribution in [0.5, 0.6) is 0 Å². The minimum Gasteiger partial charge on any atom is -0.309 e. The van der Waals surface area contributed by atoms with Crippen LogP contribution in [0.25, 0.3) is 220 Å². The number of nitrogens with zero attached hydrogens (tertiary/aromatic N) is 6. The predicted molar refractivity (Wildman–Crippen MR) is 502 cm³/mol. The van der Waals surface area contributed by atoms with Gasteiger partial charge in [-0.05, 0) is 171 Å². The lowest BCUT2D eigenvalue weighted by molar-refractivity contribution is 1.08. The Morgan fingerprint density at radius 3 is 1.01 bits per heavy atom. The number of rotatable bonds is 12. The van der Waals surface area contributed by atoms with Crippen molar-refractivity contribution >= 4 is 119 Å². The standard InChI is InChI=1S/C59H39N3.C53H33N3S/c1-4-15-40(16-5-1)42-27-29-44(30-28-42)48-36-54(45-19-8-3-9-20-45)60-59(37-48)62-56-26-13-11-24-51(56)53-38-57-52(39-58(53)62)50-23-10-12-25-55(50)61(57)49-33-31-43(32-34-49)47-22-14-21-46(35-47)41-17-6-2-7-18-41;1-3-15-34(16-4-1)45-30-37(31-46(54-45)35-17-5-2-6-18-35)36-19-13-20-38(29-36)55-47-25-10-7-21-39(47)43-33-51-44(32-50(43)55)40-22-8-11-26-48(40)56(51)49-27-14-24-42-41-23-9-12-28-52(41)57-53(42)49/h1-39H;1-33H. The highest BCUT2D eigenvalue weighted by Gasteiger charge is 2.24. The topological polar surface area (TPSA) is 45.5 Å². The van der Waals surface area contributed by atoms with Crippen LogP contribution in [0.2, 0.25) is 0 Å². The van der Waals surface area contributed by atoms with Crippen molar-refractivity contribution in [3.05, 3.63) is 437 Å². The zero-order chi connectivity index (χ0) is 78.4. The molecule has 0 unspecified atom stereocenters. The third-order valence-electron chi connectivity index (χ3n) is 23.8. The SMILES string of the molecule is c1ccc(-c2cc(-c3cccc(-n4c5ccccc5c5cc6c(cc54)c4ccccc4n6-c4cccc5c4sc4ccccc45)c3)cc(-c3ccccc3)n2)cc1.c1ccc(-c2ccc(-c3cc(-c4ccccc4)nc(-n4c5ccccc5c5cc6c(cc54)c4ccccc4n6-c4ccc(-c5cccc(-c6ccccc6)c5)cc4)c3)cc2)cc1. The van der Waals surface area contributed by atoms with Gasteiger partial charge in [-0.2, -0.15) is 0 Å².